The molecule has 3 nitrogen and oxygen atoms in total. The Hall–Kier alpha value is -1.64. The van der Waals surface area contributed by atoms with E-state index in [1.807, 2.05) is 30.5 Å². The highest BCUT2D eigenvalue weighted by Crippen LogP contribution is 2.29. The van der Waals surface area contributed by atoms with E-state index in [9.17, 15) is 0 Å². The number of para-hydroxylation sites is 2. The number of fused-ring (bicyclic) bond motifs is 1. The van der Waals surface area contributed by atoms with E-state index in [0.717, 1.165) is 29.2 Å². The lowest BCUT2D eigenvalue weighted by Crippen LogP contribution is -2.30. The van der Waals surface area contributed by atoms with Gasteiger partial charge in [-0.2, -0.15) is 0 Å². The first kappa shape index (κ1) is 13.3. The van der Waals surface area contributed by atoms with Crippen molar-refractivity contribution in [1.82, 2.24) is 9.97 Å². The summed E-state index contributed by atoms with van der Waals surface area (Å²) in [6.45, 7) is 2.26. The van der Waals surface area contributed by atoms with Crippen LogP contribution in [0.1, 0.15) is 45.4 Å². The first-order chi connectivity index (χ1) is 9.86. The molecule has 1 saturated carbocycles. The standard InChI is InChI=1S/C17H23N3/c1-2-14(13-8-4-3-5-9-13)19-17-12-18-15-10-6-7-11-16(15)20-17/h6-7,10-14H,2-5,8-9H2,1H3,(H,19,20). The van der Waals surface area contributed by atoms with Crippen molar-refractivity contribution >= 4 is 16.9 Å². The number of benzene rings is 1. The van der Waals surface area contributed by atoms with Crippen molar-refractivity contribution in [2.45, 2.75) is 51.5 Å². The normalized spacial score (nSPS) is 18.1. The van der Waals surface area contributed by atoms with Crippen LogP contribution in [0, 0.1) is 5.92 Å². The van der Waals surface area contributed by atoms with Crippen molar-refractivity contribution in [2.75, 3.05) is 5.32 Å². The van der Waals surface area contributed by atoms with Gasteiger partial charge in [-0.15, -0.1) is 0 Å². The third kappa shape index (κ3) is 2.92. The summed E-state index contributed by atoms with van der Waals surface area (Å²) in [6.07, 6.45) is 9.90. The summed E-state index contributed by atoms with van der Waals surface area (Å²) in [5.74, 6) is 1.71. The Morgan fingerprint density at radius 3 is 2.65 bits per heavy atom. The maximum Gasteiger partial charge on any atom is 0.145 e. The summed E-state index contributed by atoms with van der Waals surface area (Å²) >= 11 is 0. The number of hydrogen-bond donors (Lipinski definition) is 1. The second-order valence-corrected chi connectivity index (χ2v) is 5.80. The lowest BCUT2D eigenvalue weighted by Gasteiger charge is -2.30. The molecule has 20 heavy (non-hydrogen) atoms. The van der Waals surface area contributed by atoms with Crippen molar-refractivity contribution in [3.63, 3.8) is 0 Å². The van der Waals surface area contributed by atoms with Crippen molar-refractivity contribution in [3.8, 4) is 0 Å². The molecule has 106 valence electrons. The van der Waals surface area contributed by atoms with Gasteiger partial charge in [-0.3, -0.25) is 4.98 Å². The Kier molecular flexibility index (Phi) is 4.14. The molecule has 1 N–H and O–H groups in total. The predicted octanol–water partition coefficient (Wildman–Crippen LogP) is 4.40. The van der Waals surface area contributed by atoms with Gasteiger partial charge in [0.15, 0.2) is 0 Å². The van der Waals surface area contributed by atoms with Crippen LogP contribution in [0.15, 0.2) is 30.5 Å². The Morgan fingerprint density at radius 2 is 1.90 bits per heavy atom. The average molecular weight is 269 g/mol. The molecule has 1 heterocycles. The second kappa shape index (κ2) is 6.21. The van der Waals surface area contributed by atoms with Gasteiger partial charge in [-0.1, -0.05) is 38.3 Å². The van der Waals surface area contributed by atoms with Crippen molar-refractivity contribution in [3.05, 3.63) is 30.5 Å². The van der Waals surface area contributed by atoms with E-state index in [1.165, 1.54) is 32.1 Å². The van der Waals surface area contributed by atoms with Crippen molar-refractivity contribution < 1.29 is 0 Å². The maximum atomic E-state index is 4.68. The number of aromatic nitrogens is 2. The SMILES string of the molecule is CCC(Nc1cnc2ccccc2n1)C1CCCCC1. The van der Waals surface area contributed by atoms with Gasteiger partial charge in [0.2, 0.25) is 0 Å². The number of hydrogen-bond acceptors (Lipinski definition) is 3. The molecule has 0 radical (unpaired) electrons. The average Bonchev–Trinajstić information content (AvgIpc) is 2.53. The molecule has 1 aromatic heterocycles. The Bertz CT molecular complexity index is 561. The highest BCUT2D eigenvalue weighted by atomic mass is 15.0. The van der Waals surface area contributed by atoms with Crippen LogP contribution in [-0.4, -0.2) is 16.0 Å². The predicted molar refractivity (Wildman–Crippen MR) is 83.8 cm³/mol. The molecule has 1 atom stereocenters. The molecule has 3 heteroatoms. The lowest BCUT2D eigenvalue weighted by atomic mass is 9.83. The first-order valence-corrected chi connectivity index (χ1v) is 7.85. The zero-order valence-electron chi connectivity index (χ0n) is 12.2. The molecule has 1 aromatic carbocycles. The van der Waals surface area contributed by atoms with Crippen LogP contribution in [0.4, 0.5) is 5.82 Å². The lowest BCUT2D eigenvalue weighted by molar-refractivity contribution is 0.312. The van der Waals surface area contributed by atoms with Crippen molar-refractivity contribution in [2.24, 2.45) is 5.92 Å². The van der Waals surface area contributed by atoms with Crippen LogP contribution in [0.5, 0.6) is 0 Å². The van der Waals surface area contributed by atoms with E-state index in [0.29, 0.717) is 6.04 Å². The quantitative estimate of drug-likeness (QED) is 0.894. The highest BCUT2D eigenvalue weighted by molar-refractivity contribution is 5.75. The monoisotopic (exact) mass is 269 g/mol. The molecular formula is C17H23N3. The molecular weight excluding hydrogens is 246 g/mol. The fourth-order valence-electron chi connectivity index (χ4n) is 3.31. The van der Waals surface area contributed by atoms with Crippen LogP contribution in [0.2, 0.25) is 0 Å². The fourth-order valence-corrected chi connectivity index (χ4v) is 3.31. The van der Waals surface area contributed by atoms with Gasteiger partial charge >= 0.3 is 0 Å². The molecule has 0 spiro atoms. The molecule has 1 fully saturated rings. The van der Waals surface area contributed by atoms with Crippen LogP contribution in [0.25, 0.3) is 11.0 Å². The Labute approximate surface area is 120 Å². The van der Waals surface area contributed by atoms with E-state index < -0.39 is 0 Å². The second-order valence-electron chi connectivity index (χ2n) is 5.80. The Morgan fingerprint density at radius 1 is 1.15 bits per heavy atom. The van der Waals surface area contributed by atoms with E-state index >= 15 is 0 Å². The third-order valence-electron chi connectivity index (χ3n) is 4.44. The molecule has 0 amide bonds. The van der Waals surface area contributed by atoms with Gasteiger partial charge in [0.05, 0.1) is 17.2 Å². The summed E-state index contributed by atoms with van der Waals surface area (Å²) in [5, 5.41) is 3.62. The van der Waals surface area contributed by atoms with Crippen LogP contribution in [-0.2, 0) is 0 Å². The summed E-state index contributed by atoms with van der Waals surface area (Å²) in [4.78, 5) is 9.17. The molecule has 1 aliphatic carbocycles. The molecule has 0 saturated heterocycles. The third-order valence-corrected chi connectivity index (χ3v) is 4.44. The van der Waals surface area contributed by atoms with Gasteiger partial charge in [-0.25, -0.2) is 4.98 Å². The van der Waals surface area contributed by atoms with E-state index in [4.69, 9.17) is 0 Å². The molecule has 3 rings (SSSR count). The van der Waals surface area contributed by atoms with Crippen LogP contribution >= 0.6 is 0 Å². The fraction of sp³-hybridized carbons (Fsp3) is 0.529. The number of nitrogens with one attached hydrogen (secondary N) is 1. The summed E-state index contributed by atoms with van der Waals surface area (Å²) < 4.78 is 0. The Balaban J connectivity index is 1.76. The minimum absolute atomic E-state index is 0.533. The van der Waals surface area contributed by atoms with Gasteiger partial charge in [-0.05, 0) is 37.3 Å². The largest absolute Gasteiger partial charge is 0.366 e. The van der Waals surface area contributed by atoms with Gasteiger partial charge in [0, 0.05) is 6.04 Å². The first-order valence-electron chi connectivity index (χ1n) is 7.85. The van der Waals surface area contributed by atoms with Crippen LogP contribution < -0.4 is 5.32 Å². The number of anilines is 1. The highest BCUT2D eigenvalue weighted by Gasteiger charge is 2.22. The summed E-state index contributed by atoms with van der Waals surface area (Å²) in [7, 11) is 0. The molecule has 0 aliphatic heterocycles. The molecule has 1 unspecified atom stereocenters. The molecule has 2 aromatic rings. The number of nitrogens with zero attached hydrogens (tertiary/aromatic N) is 2. The minimum atomic E-state index is 0.533. The summed E-state index contributed by atoms with van der Waals surface area (Å²) in [6, 6.07) is 8.57. The van der Waals surface area contributed by atoms with Crippen molar-refractivity contribution in [1.29, 1.82) is 0 Å². The van der Waals surface area contributed by atoms with Gasteiger partial charge in [0.25, 0.3) is 0 Å². The van der Waals surface area contributed by atoms with E-state index in [-0.39, 0.29) is 0 Å². The number of rotatable bonds is 4. The van der Waals surface area contributed by atoms with Gasteiger partial charge < -0.3 is 5.32 Å². The minimum Gasteiger partial charge on any atom is -0.366 e. The zero-order valence-corrected chi connectivity index (χ0v) is 12.2. The topological polar surface area (TPSA) is 37.8 Å². The van der Waals surface area contributed by atoms with Crippen LogP contribution in [0.3, 0.4) is 0 Å². The smallest absolute Gasteiger partial charge is 0.145 e. The summed E-state index contributed by atoms with van der Waals surface area (Å²) in [5.41, 5.74) is 1.93. The maximum absolute atomic E-state index is 4.68. The zero-order chi connectivity index (χ0) is 13.8. The molecule has 1 aliphatic rings. The van der Waals surface area contributed by atoms with E-state index in [2.05, 4.69) is 22.2 Å². The molecule has 0 bridgehead atoms. The van der Waals surface area contributed by atoms with E-state index in [1.54, 1.807) is 0 Å². The van der Waals surface area contributed by atoms with Gasteiger partial charge in [0.1, 0.15) is 5.82 Å².